The maximum absolute atomic E-state index is 12.9. The number of benzene rings is 1. The standard InChI is InChI=1S/C14H13FN2O4/c1-9-8-12(16-21-9)17(7-6-13(18)19)14(20)10-2-4-11(15)5-3-10/h2-5,8H,6-7H2,1H3,(H,18,19). The number of aromatic nitrogens is 1. The normalized spacial score (nSPS) is 10.4. The lowest BCUT2D eigenvalue weighted by Crippen LogP contribution is -2.33. The van der Waals surface area contributed by atoms with Gasteiger partial charge in [0, 0.05) is 18.2 Å². The zero-order valence-corrected chi connectivity index (χ0v) is 11.2. The van der Waals surface area contributed by atoms with Crippen LogP contribution >= 0.6 is 0 Å². The van der Waals surface area contributed by atoms with Crippen molar-refractivity contribution in [3.63, 3.8) is 0 Å². The fourth-order valence-electron chi connectivity index (χ4n) is 1.76. The van der Waals surface area contributed by atoms with Crippen LogP contribution in [-0.4, -0.2) is 28.7 Å². The molecule has 0 bridgehead atoms. The third kappa shape index (κ3) is 3.65. The Bertz CT molecular complexity index is 651. The van der Waals surface area contributed by atoms with Gasteiger partial charge < -0.3 is 9.63 Å². The van der Waals surface area contributed by atoms with Gasteiger partial charge in [0.2, 0.25) is 0 Å². The Balaban J connectivity index is 2.27. The van der Waals surface area contributed by atoms with E-state index in [9.17, 15) is 14.0 Å². The van der Waals surface area contributed by atoms with Gasteiger partial charge in [0.1, 0.15) is 11.6 Å². The van der Waals surface area contributed by atoms with Gasteiger partial charge in [-0.15, -0.1) is 0 Å². The molecule has 0 atom stereocenters. The molecule has 0 radical (unpaired) electrons. The van der Waals surface area contributed by atoms with Crippen LogP contribution < -0.4 is 4.90 Å². The molecule has 2 rings (SSSR count). The highest BCUT2D eigenvalue weighted by atomic mass is 19.1. The summed E-state index contributed by atoms with van der Waals surface area (Å²) < 4.78 is 17.8. The molecule has 0 unspecified atom stereocenters. The summed E-state index contributed by atoms with van der Waals surface area (Å²) in [6.45, 7) is 1.60. The third-order valence-corrected chi connectivity index (χ3v) is 2.78. The molecule has 6 nitrogen and oxygen atoms in total. The zero-order valence-electron chi connectivity index (χ0n) is 11.2. The molecule has 1 amide bonds. The minimum absolute atomic E-state index is 0.0580. The lowest BCUT2D eigenvalue weighted by Gasteiger charge is -2.18. The van der Waals surface area contributed by atoms with E-state index in [-0.39, 0.29) is 24.3 Å². The fourth-order valence-corrected chi connectivity index (χ4v) is 1.76. The van der Waals surface area contributed by atoms with Crippen molar-refractivity contribution in [2.45, 2.75) is 13.3 Å². The van der Waals surface area contributed by atoms with Gasteiger partial charge in [0.25, 0.3) is 5.91 Å². The average molecular weight is 292 g/mol. The van der Waals surface area contributed by atoms with Crippen LogP contribution in [0.5, 0.6) is 0 Å². The quantitative estimate of drug-likeness (QED) is 0.913. The first-order valence-electron chi connectivity index (χ1n) is 6.20. The number of rotatable bonds is 5. The zero-order chi connectivity index (χ0) is 15.4. The number of carboxylic acid groups (broad SMARTS) is 1. The van der Waals surface area contributed by atoms with E-state index in [1.54, 1.807) is 6.92 Å². The van der Waals surface area contributed by atoms with Crippen molar-refractivity contribution in [2.24, 2.45) is 0 Å². The van der Waals surface area contributed by atoms with Crippen LogP contribution in [0.4, 0.5) is 10.2 Å². The van der Waals surface area contributed by atoms with Crippen LogP contribution in [0.3, 0.4) is 0 Å². The maximum atomic E-state index is 12.9. The van der Waals surface area contributed by atoms with E-state index < -0.39 is 17.7 Å². The van der Waals surface area contributed by atoms with E-state index >= 15 is 0 Å². The van der Waals surface area contributed by atoms with Crippen molar-refractivity contribution in [1.29, 1.82) is 0 Å². The minimum atomic E-state index is -1.04. The average Bonchev–Trinajstić information content (AvgIpc) is 2.85. The molecular formula is C14H13FN2O4. The van der Waals surface area contributed by atoms with Crippen LogP contribution in [0, 0.1) is 12.7 Å². The van der Waals surface area contributed by atoms with Gasteiger partial charge in [-0.25, -0.2) is 4.39 Å². The lowest BCUT2D eigenvalue weighted by atomic mass is 10.2. The van der Waals surface area contributed by atoms with Crippen molar-refractivity contribution in [1.82, 2.24) is 5.16 Å². The van der Waals surface area contributed by atoms with Gasteiger partial charge >= 0.3 is 5.97 Å². The Kier molecular flexibility index (Phi) is 4.32. The van der Waals surface area contributed by atoms with Gasteiger partial charge in [-0.05, 0) is 31.2 Å². The van der Waals surface area contributed by atoms with Crippen molar-refractivity contribution >= 4 is 17.7 Å². The molecule has 110 valence electrons. The summed E-state index contributed by atoms with van der Waals surface area (Å²) in [5.74, 6) is -1.24. The van der Waals surface area contributed by atoms with Crippen molar-refractivity contribution in [3.05, 3.63) is 47.5 Å². The number of halogens is 1. The molecule has 7 heteroatoms. The van der Waals surface area contributed by atoms with Gasteiger partial charge in [-0.3, -0.25) is 14.5 Å². The number of amides is 1. The van der Waals surface area contributed by atoms with E-state index in [1.165, 1.54) is 23.1 Å². The number of nitrogens with zero attached hydrogens (tertiary/aromatic N) is 2. The van der Waals surface area contributed by atoms with Crippen molar-refractivity contribution in [3.8, 4) is 0 Å². The molecule has 2 aromatic rings. The summed E-state index contributed by atoms with van der Waals surface area (Å²) in [6.07, 6.45) is -0.237. The smallest absolute Gasteiger partial charge is 0.305 e. The molecule has 1 aromatic carbocycles. The number of hydrogen-bond acceptors (Lipinski definition) is 4. The number of hydrogen-bond donors (Lipinski definition) is 1. The first-order chi connectivity index (χ1) is 9.97. The maximum Gasteiger partial charge on any atom is 0.305 e. The minimum Gasteiger partial charge on any atom is -0.481 e. The highest BCUT2D eigenvalue weighted by Gasteiger charge is 2.21. The summed E-state index contributed by atoms with van der Waals surface area (Å²) in [5.41, 5.74) is 0.238. The molecule has 1 N–H and O–H groups in total. The summed E-state index contributed by atoms with van der Waals surface area (Å²) >= 11 is 0. The molecule has 0 fully saturated rings. The molecule has 0 aliphatic carbocycles. The predicted octanol–water partition coefficient (Wildman–Crippen LogP) is 2.24. The largest absolute Gasteiger partial charge is 0.481 e. The molecular weight excluding hydrogens is 279 g/mol. The SMILES string of the molecule is Cc1cc(N(CCC(=O)O)C(=O)c2ccc(F)cc2)no1. The number of aliphatic carboxylic acids is 1. The summed E-state index contributed by atoms with van der Waals surface area (Å²) in [6, 6.07) is 6.52. The fraction of sp³-hybridized carbons (Fsp3) is 0.214. The number of aryl methyl sites for hydroxylation is 1. The van der Waals surface area contributed by atoms with Crippen LogP contribution in [0.1, 0.15) is 22.5 Å². The summed E-state index contributed by atoms with van der Waals surface area (Å²) in [4.78, 5) is 24.3. The number of carbonyl (C=O) groups excluding carboxylic acids is 1. The molecule has 0 saturated carbocycles. The Hall–Kier alpha value is -2.70. The highest BCUT2D eigenvalue weighted by molar-refractivity contribution is 6.05. The molecule has 0 aliphatic heterocycles. The van der Waals surface area contributed by atoms with Crippen LogP contribution in [0.25, 0.3) is 0 Å². The van der Waals surface area contributed by atoms with Gasteiger partial charge in [-0.1, -0.05) is 5.16 Å². The number of carboxylic acids is 1. The van der Waals surface area contributed by atoms with Gasteiger partial charge in [0.05, 0.1) is 6.42 Å². The van der Waals surface area contributed by atoms with Crippen molar-refractivity contribution < 1.29 is 23.6 Å². The van der Waals surface area contributed by atoms with E-state index in [4.69, 9.17) is 9.63 Å². The molecule has 21 heavy (non-hydrogen) atoms. The molecule has 1 heterocycles. The second kappa shape index (κ2) is 6.17. The van der Waals surface area contributed by atoms with Gasteiger partial charge in [0.15, 0.2) is 5.82 Å². The van der Waals surface area contributed by atoms with E-state index in [1.807, 2.05) is 0 Å². The van der Waals surface area contributed by atoms with E-state index in [2.05, 4.69) is 5.16 Å². The molecule has 0 spiro atoms. The Labute approximate surface area is 119 Å². The lowest BCUT2D eigenvalue weighted by molar-refractivity contribution is -0.136. The van der Waals surface area contributed by atoms with Gasteiger partial charge in [-0.2, -0.15) is 0 Å². The number of carbonyl (C=O) groups is 2. The topological polar surface area (TPSA) is 83.6 Å². The predicted molar refractivity (Wildman–Crippen MR) is 71.6 cm³/mol. The summed E-state index contributed by atoms with van der Waals surface area (Å²) in [5, 5.41) is 12.5. The van der Waals surface area contributed by atoms with Crippen LogP contribution in [0.15, 0.2) is 34.9 Å². The monoisotopic (exact) mass is 292 g/mol. The molecule has 1 aromatic heterocycles. The second-order valence-electron chi connectivity index (χ2n) is 4.40. The Morgan fingerprint density at radius 3 is 2.52 bits per heavy atom. The van der Waals surface area contributed by atoms with Crippen molar-refractivity contribution in [2.75, 3.05) is 11.4 Å². The van der Waals surface area contributed by atoms with E-state index in [0.29, 0.717) is 5.76 Å². The Morgan fingerprint density at radius 1 is 1.33 bits per heavy atom. The molecule has 0 aliphatic rings. The second-order valence-corrected chi connectivity index (χ2v) is 4.40. The molecule has 0 saturated heterocycles. The first-order valence-corrected chi connectivity index (χ1v) is 6.20. The number of anilines is 1. The van der Waals surface area contributed by atoms with E-state index in [0.717, 1.165) is 12.1 Å². The first kappa shape index (κ1) is 14.7. The highest BCUT2D eigenvalue weighted by Crippen LogP contribution is 2.18. The van der Waals surface area contributed by atoms with Crippen LogP contribution in [0.2, 0.25) is 0 Å². The summed E-state index contributed by atoms with van der Waals surface area (Å²) in [7, 11) is 0. The Morgan fingerprint density at radius 2 is 2.00 bits per heavy atom. The van der Waals surface area contributed by atoms with Crippen LogP contribution in [-0.2, 0) is 4.79 Å². The third-order valence-electron chi connectivity index (χ3n) is 2.78.